The molecule has 2 fully saturated rings. The van der Waals surface area contributed by atoms with Gasteiger partial charge in [-0.05, 0) is 62.4 Å². The number of hydrogen-bond donors (Lipinski definition) is 1. The van der Waals surface area contributed by atoms with Gasteiger partial charge in [-0.25, -0.2) is 0 Å². The molecule has 4 heteroatoms. The van der Waals surface area contributed by atoms with Gasteiger partial charge in [0.25, 0.3) is 0 Å². The van der Waals surface area contributed by atoms with Gasteiger partial charge in [-0.15, -0.1) is 0 Å². The van der Waals surface area contributed by atoms with Crippen LogP contribution in [0, 0.1) is 5.92 Å². The summed E-state index contributed by atoms with van der Waals surface area (Å²) in [7, 11) is 0. The van der Waals surface area contributed by atoms with Crippen LogP contribution in [-0.4, -0.2) is 36.5 Å². The number of amides is 1. The van der Waals surface area contributed by atoms with E-state index in [1.807, 2.05) is 24.3 Å². The number of nitrogens with zero attached hydrogens (tertiary/aromatic N) is 1. The van der Waals surface area contributed by atoms with Gasteiger partial charge in [-0.2, -0.15) is 0 Å². The predicted molar refractivity (Wildman–Crippen MR) is 104 cm³/mol. The summed E-state index contributed by atoms with van der Waals surface area (Å²) in [5, 5.41) is 4.42. The molecule has 0 bridgehead atoms. The summed E-state index contributed by atoms with van der Waals surface area (Å²) >= 11 is 0. The Bertz CT molecular complexity index is 733. The van der Waals surface area contributed by atoms with Crippen molar-refractivity contribution >= 4 is 16.9 Å². The Morgan fingerprint density at radius 1 is 1.08 bits per heavy atom. The third kappa shape index (κ3) is 4.12. The Balaban J connectivity index is 1.37. The number of benzene rings is 1. The van der Waals surface area contributed by atoms with E-state index < -0.39 is 0 Å². The molecule has 1 aliphatic carbocycles. The van der Waals surface area contributed by atoms with Gasteiger partial charge in [0.15, 0.2) is 0 Å². The quantitative estimate of drug-likeness (QED) is 0.878. The zero-order valence-electron chi connectivity index (χ0n) is 15.6. The van der Waals surface area contributed by atoms with Gasteiger partial charge in [0.05, 0.1) is 12.7 Å². The summed E-state index contributed by atoms with van der Waals surface area (Å²) in [6.45, 7) is 3.63. The normalized spacial score (nSPS) is 24.6. The molecule has 1 amide bonds. The lowest BCUT2D eigenvalue weighted by molar-refractivity contribution is -0.121. The van der Waals surface area contributed by atoms with Gasteiger partial charge in [-0.1, -0.05) is 31.4 Å². The molecule has 1 N–H and O–H groups in total. The SMILES string of the molecule is O=C(Cc1cccc2occc12)NC1CCCC[C@H]1CN1CCCCC1. The maximum absolute atomic E-state index is 12.7. The highest BCUT2D eigenvalue weighted by molar-refractivity contribution is 5.87. The Morgan fingerprint density at radius 2 is 1.92 bits per heavy atom. The van der Waals surface area contributed by atoms with E-state index >= 15 is 0 Å². The summed E-state index contributed by atoms with van der Waals surface area (Å²) in [6, 6.07) is 8.24. The van der Waals surface area contributed by atoms with E-state index in [2.05, 4.69) is 10.2 Å². The second kappa shape index (κ2) is 8.26. The molecule has 2 aliphatic rings. The lowest BCUT2D eigenvalue weighted by Gasteiger charge is -2.37. The number of piperidine rings is 1. The van der Waals surface area contributed by atoms with Crippen LogP contribution in [0.4, 0.5) is 0 Å². The van der Waals surface area contributed by atoms with Crippen molar-refractivity contribution in [2.24, 2.45) is 5.92 Å². The molecular weight excluding hydrogens is 324 g/mol. The van der Waals surface area contributed by atoms with E-state index in [1.165, 1.54) is 51.6 Å². The molecule has 1 saturated heterocycles. The van der Waals surface area contributed by atoms with Crippen molar-refractivity contribution in [1.82, 2.24) is 10.2 Å². The maximum atomic E-state index is 12.7. The molecule has 4 rings (SSSR count). The van der Waals surface area contributed by atoms with E-state index in [9.17, 15) is 4.79 Å². The van der Waals surface area contributed by atoms with Crippen molar-refractivity contribution in [3.8, 4) is 0 Å². The van der Waals surface area contributed by atoms with E-state index in [0.717, 1.165) is 29.5 Å². The van der Waals surface area contributed by atoms with Crippen molar-refractivity contribution in [3.05, 3.63) is 36.1 Å². The van der Waals surface area contributed by atoms with E-state index in [1.54, 1.807) is 6.26 Å². The number of rotatable bonds is 5. The lowest BCUT2D eigenvalue weighted by atomic mass is 9.83. The number of hydrogen-bond acceptors (Lipinski definition) is 3. The first-order chi connectivity index (χ1) is 12.8. The summed E-state index contributed by atoms with van der Waals surface area (Å²) in [6.07, 6.45) is 11.1. The zero-order valence-corrected chi connectivity index (χ0v) is 15.6. The highest BCUT2D eigenvalue weighted by Crippen LogP contribution is 2.27. The van der Waals surface area contributed by atoms with Crippen LogP contribution in [0.5, 0.6) is 0 Å². The minimum atomic E-state index is 0.147. The molecule has 1 aromatic carbocycles. The van der Waals surface area contributed by atoms with Gasteiger partial charge in [0.2, 0.25) is 5.91 Å². The summed E-state index contributed by atoms with van der Waals surface area (Å²) in [4.78, 5) is 15.3. The van der Waals surface area contributed by atoms with Crippen LogP contribution in [0.3, 0.4) is 0 Å². The van der Waals surface area contributed by atoms with Crippen LogP contribution in [0.1, 0.15) is 50.5 Å². The Kier molecular flexibility index (Phi) is 5.59. The van der Waals surface area contributed by atoms with Crippen LogP contribution in [-0.2, 0) is 11.2 Å². The van der Waals surface area contributed by atoms with Crippen molar-refractivity contribution < 1.29 is 9.21 Å². The first-order valence-electron chi connectivity index (χ1n) is 10.3. The lowest BCUT2D eigenvalue weighted by Crippen LogP contribution is -2.47. The Morgan fingerprint density at radius 3 is 2.81 bits per heavy atom. The molecule has 1 unspecified atom stereocenters. The van der Waals surface area contributed by atoms with Gasteiger partial charge in [-0.3, -0.25) is 4.79 Å². The van der Waals surface area contributed by atoms with Gasteiger partial charge in [0.1, 0.15) is 5.58 Å². The molecule has 0 spiro atoms. The van der Waals surface area contributed by atoms with Crippen molar-refractivity contribution in [3.63, 3.8) is 0 Å². The van der Waals surface area contributed by atoms with E-state index in [0.29, 0.717) is 18.4 Å². The van der Waals surface area contributed by atoms with Crippen LogP contribution < -0.4 is 5.32 Å². The average Bonchev–Trinajstić information content (AvgIpc) is 3.14. The van der Waals surface area contributed by atoms with Crippen LogP contribution in [0.25, 0.3) is 11.0 Å². The minimum absolute atomic E-state index is 0.147. The van der Waals surface area contributed by atoms with Crippen molar-refractivity contribution in [2.75, 3.05) is 19.6 Å². The molecule has 26 heavy (non-hydrogen) atoms. The summed E-state index contributed by atoms with van der Waals surface area (Å²) < 4.78 is 5.45. The van der Waals surface area contributed by atoms with Crippen molar-refractivity contribution in [2.45, 2.75) is 57.4 Å². The smallest absolute Gasteiger partial charge is 0.224 e. The number of furan rings is 1. The number of nitrogens with one attached hydrogen (secondary N) is 1. The molecule has 4 nitrogen and oxygen atoms in total. The molecule has 2 aromatic rings. The largest absolute Gasteiger partial charge is 0.464 e. The summed E-state index contributed by atoms with van der Waals surface area (Å²) in [5.41, 5.74) is 1.91. The molecule has 1 aromatic heterocycles. The third-order valence-electron chi connectivity index (χ3n) is 6.13. The first-order valence-corrected chi connectivity index (χ1v) is 10.3. The number of carbonyl (C=O) groups excluding carboxylic acids is 1. The molecule has 2 atom stereocenters. The fourth-order valence-corrected chi connectivity index (χ4v) is 4.73. The van der Waals surface area contributed by atoms with Crippen LogP contribution in [0.2, 0.25) is 0 Å². The van der Waals surface area contributed by atoms with Crippen molar-refractivity contribution in [1.29, 1.82) is 0 Å². The number of carbonyl (C=O) groups is 1. The number of likely N-dealkylation sites (tertiary alicyclic amines) is 1. The molecule has 0 radical (unpaired) electrons. The Hall–Kier alpha value is -1.81. The second-order valence-corrected chi connectivity index (χ2v) is 8.01. The van der Waals surface area contributed by atoms with Gasteiger partial charge < -0.3 is 14.6 Å². The van der Waals surface area contributed by atoms with Crippen LogP contribution >= 0.6 is 0 Å². The monoisotopic (exact) mass is 354 g/mol. The predicted octanol–water partition coefficient (Wildman–Crippen LogP) is 4.14. The molecular formula is C22H30N2O2. The molecule has 1 aliphatic heterocycles. The van der Waals surface area contributed by atoms with E-state index in [-0.39, 0.29) is 5.91 Å². The Labute approximate surface area is 155 Å². The van der Waals surface area contributed by atoms with E-state index in [4.69, 9.17) is 4.42 Å². The fourth-order valence-electron chi connectivity index (χ4n) is 4.73. The molecule has 1 saturated carbocycles. The topological polar surface area (TPSA) is 45.5 Å². The standard InChI is InChI=1S/C22H30N2O2/c25-22(15-17-8-6-10-21-19(17)11-14-26-21)23-20-9-3-2-7-18(20)16-24-12-4-1-5-13-24/h6,8,10-11,14,18,20H,1-5,7,9,12-13,15-16H2,(H,23,25)/t18-,20?/m0/s1. The van der Waals surface area contributed by atoms with Gasteiger partial charge >= 0.3 is 0 Å². The highest BCUT2D eigenvalue weighted by atomic mass is 16.3. The zero-order chi connectivity index (χ0) is 17.8. The molecule has 140 valence electrons. The second-order valence-electron chi connectivity index (χ2n) is 8.01. The first kappa shape index (κ1) is 17.6. The fraction of sp³-hybridized carbons (Fsp3) is 0.591. The third-order valence-corrected chi connectivity index (χ3v) is 6.13. The average molecular weight is 354 g/mol. The number of fused-ring (bicyclic) bond motifs is 1. The highest BCUT2D eigenvalue weighted by Gasteiger charge is 2.28. The minimum Gasteiger partial charge on any atom is -0.464 e. The maximum Gasteiger partial charge on any atom is 0.224 e. The molecule has 2 heterocycles. The summed E-state index contributed by atoms with van der Waals surface area (Å²) in [5.74, 6) is 0.754. The van der Waals surface area contributed by atoms with Crippen LogP contribution in [0.15, 0.2) is 34.9 Å². The van der Waals surface area contributed by atoms with Gasteiger partial charge in [0, 0.05) is 18.0 Å².